The highest BCUT2D eigenvalue weighted by Gasteiger charge is 2.12. The van der Waals surface area contributed by atoms with Crippen LogP contribution in [0.1, 0.15) is 37.5 Å². The first-order valence-corrected chi connectivity index (χ1v) is 8.66. The van der Waals surface area contributed by atoms with Crippen LogP contribution in [0.2, 0.25) is 0 Å². The Bertz CT molecular complexity index is 925. The number of anilines is 1. The number of carbonyl (C=O) groups is 2. The number of nitrogens with two attached hydrogens (primary N) is 1. The zero-order valence-electron chi connectivity index (χ0n) is 13.9. The molecule has 0 saturated heterocycles. The highest BCUT2D eigenvalue weighted by Crippen LogP contribution is 2.23. The Morgan fingerprint density at radius 1 is 1.24 bits per heavy atom. The van der Waals surface area contributed by atoms with E-state index in [2.05, 4.69) is 17.3 Å². The van der Waals surface area contributed by atoms with Crippen molar-refractivity contribution in [2.45, 2.75) is 20.3 Å². The molecule has 2 amide bonds. The zero-order valence-corrected chi connectivity index (χ0v) is 14.8. The van der Waals surface area contributed by atoms with Gasteiger partial charge in [-0.05, 0) is 55.3 Å². The normalized spacial score (nSPS) is 10.6. The molecule has 3 aromatic rings. The Hall–Kier alpha value is -2.93. The van der Waals surface area contributed by atoms with Gasteiger partial charge in [0.05, 0.1) is 10.6 Å². The molecule has 0 radical (unpaired) electrons. The maximum atomic E-state index is 12.4. The van der Waals surface area contributed by atoms with Crippen LogP contribution in [0.15, 0.2) is 42.6 Å². The lowest BCUT2D eigenvalue weighted by Crippen LogP contribution is -2.12. The molecular formula is C18H18N4O2S. The van der Waals surface area contributed by atoms with Gasteiger partial charge in [-0.15, -0.1) is 11.3 Å². The molecule has 0 fully saturated rings. The third kappa shape index (κ3) is 3.61. The van der Waals surface area contributed by atoms with E-state index in [1.807, 2.05) is 25.1 Å². The van der Waals surface area contributed by atoms with E-state index in [4.69, 9.17) is 5.73 Å². The van der Waals surface area contributed by atoms with Gasteiger partial charge in [-0.2, -0.15) is 5.10 Å². The van der Waals surface area contributed by atoms with E-state index < -0.39 is 5.91 Å². The standard InChI is InChI=1S/C18H18N4O2S/c1-3-12-10-16(25-11(12)2)18(24)20-13-4-6-14(7-5-13)22-9-8-15(21-22)17(19)23/h4-10H,3H2,1-2H3,(H2,19,23)(H,20,24). The summed E-state index contributed by atoms with van der Waals surface area (Å²) in [6.45, 7) is 4.11. The molecule has 3 N–H and O–H groups in total. The summed E-state index contributed by atoms with van der Waals surface area (Å²) in [5.41, 5.74) is 8.07. The molecule has 0 bridgehead atoms. The number of nitrogens with zero attached hydrogens (tertiary/aromatic N) is 2. The fourth-order valence-electron chi connectivity index (χ4n) is 2.47. The maximum absolute atomic E-state index is 12.4. The highest BCUT2D eigenvalue weighted by atomic mass is 32.1. The van der Waals surface area contributed by atoms with Gasteiger partial charge < -0.3 is 11.1 Å². The van der Waals surface area contributed by atoms with Crippen molar-refractivity contribution in [2.24, 2.45) is 5.73 Å². The second-order valence-corrected chi connectivity index (χ2v) is 6.81. The minimum atomic E-state index is -0.569. The smallest absolute Gasteiger partial charge is 0.269 e. The molecule has 0 atom stereocenters. The topological polar surface area (TPSA) is 90.0 Å². The van der Waals surface area contributed by atoms with Crippen molar-refractivity contribution in [1.82, 2.24) is 9.78 Å². The molecule has 0 spiro atoms. The van der Waals surface area contributed by atoms with Gasteiger partial charge in [0.25, 0.3) is 11.8 Å². The molecule has 0 saturated carbocycles. The van der Waals surface area contributed by atoms with Crippen molar-refractivity contribution < 1.29 is 9.59 Å². The summed E-state index contributed by atoms with van der Waals surface area (Å²) < 4.78 is 1.56. The quantitative estimate of drug-likeness (QED) is 0.737. The van der Waals surface area contributed by atoms with Gasteiger partial charge >= 0.3 is 0 Å². The Labute approximate surface area is 149 Å². The molecule has 0 aliphatic carbocycles. The van der Waals surface area contributed by atoms with Gasteiger partial charge in [0.15, 0.2) is 0 Å². The Kier molecular flexibility index (Phi) is 4.67. The van der Waals surface area contributed by atoms with Crippen LogP contribution >= 0.6 is 11.3 Å². The number of aryl methyl sites for hydroxylation is 2. The van der Waals surface area contributed by atoms with Gasteiger partial charge in [-0.25, -0.2) is 4.68 Å². The number of thiophene rings is 1. The molecule has 3 rings (SSSR count). The lowest BCUT2D eigenvalue weighted by Gasteiger charge is -2.06. The average Bonchev–Trinajstić information content (AvgIpc) is 3.22. The molecule has 6 nitrogen and oxygen atoms in total. The molecule has 0 aliphatic heterocycles. The van der Waals surface area contributed by atoms with Gasteiger partial charge in [0, 0.05) is 16.8 Å². The molecule has 2 aromatic heterocycles. The Balaban J connectivity index is 1.73. The number of hydrogen-bond acceptors (Lipinski definition) is 4. The summed E-state index contributed by atoms with van der Waals surface area (Å²) in [7, 11) is 0. The molecule has 25 heavy (non-hydrogen) atoms. The van der Waals surface area contributed by atoms with Crippen LogP contribution in [0.4, 0.5) is 5.69 Å². The first kappa shape index (κ1) is 16.9. The van der Waals surface area contributed by atoms with Crippen LogP contribution in [0.3, 0.4) is 0 Å². The van der Waals surface area contributed by atoms with E-state index in [0.717, 1.165) is 12.1 Å². The van der Waals surface area contributed by atoms with Crippen molar-refractivity contribution >= 4 is 28.8 Å². The van der Waals surface area contributed by atoms with Crippen molar-refractivity contribution in [3.05, 3.63) is 63.6 Å². The van der Waals surface area contributed by atoms with Crippen molar-refractivity contribution in [1.29, 1.82) is 0 Å². The monoisotopic (exact) mass is 354 g/mol. The summed E-state index contributed by atoms with van der Waals surface area (Å²) in [6, 6.07) is 10.7. The van der Waals surface area contributed by atoms with Crippen LogP contribution in [0.25, 0.3) is 5.69 Å². The fraction of sp³-hybridized carbons (Fsp3) is 0.167. The zero-order chi connectivity index (χ0) is 18.0. The molecule has 0 unspecified atom stereocenters. The fourth-order valence-corrected chi connectivity index (χ4v) is 3.48. The molecule has 1 aromatic carbocycles. The second kappa shape index (κ2) is 6.90. The van der Waals surface area contributed by atoms with E-state index in [1.165, 1.54) is 21.8 Å². The summed E-state index contributed by atoms with van der Waals surface area (Å²) in [6.07, 6.45) is 2.58. The van der Waals surface area contributed by atoms with Crippen molar-refractivity contribution in [3.63, 3.8) is 0 Å². The summed E-state index contributed by atoms with van der Waals surface area (Å²) in [4.78, 5) is 25.3. The minimum Gasteiger partial charge on any atom is -0.364 e. The lowest BCUT2D eigenvalue weighted by atomic mass is 10.2. The van der Waals surface area contributed by atoms with Crippen LogP contribution < -0.4 is 11.1 Å². The number of amides is 2. The predicted molar refractivity (Wildman–Crippen MR) is 98.5 cm³/mol. The summed E-state index contributed by atoms with van der Waals surface area (Å²) >= 11 is 1.50. The Morgan fingerprint density at radius 3 is 2.52 bits per heavy atom. The van der Waals surface area contributed by atoms with E-state index in [1.54, 1.807) is 29.1 Å². The van der Waals surface area contributed by atoms with Gasteiger partial charge in [0.1, 0.15) is 5.69 Å². The third-order valence-electron chi connectivity index (χ3n) is 3.86. The SMILES string of the molecule is CCc1cc(C(=O)Nc2ccc(-n3ccc(C(N)=O)n3)cc2)sc1C. The second-order valence-electron chi connectivity index (χ2n) is 5.56. The van der Waals surface area contributed by atoms with Gasteiger partial charge in [0.2, 0.25) is 0 Å². The number of primary amides is 1. The van der Waals surface area contributed by atoms with E-state index >= 15 is 0 Å². The molecule has 2 heterocycles. The van der Waals surface area contributed by atoms with E-state index in [-0.39, 0.29) is 11.6 Å². The minimum absolute atomic E-state index is 0.115. The van der Waals surface area contributed by atoms with Crippen LogP contribution in [-0.4, -0.2) is 21.6 Å². The number of hydrogen-bond donors (Lipinski definition) is 2. The van der Waals surface area contributed by atoms with Gasteiger partial charge in [-0.1, -0.05) is 6.92 Å². The molecular weight excluding hydrogens is 336 g/mol. The summed E-state index contributed by atoms with van der Waals surface area (Å²) in [5.74, 6) is -0.684. The lowest BCUT2D eigenvalue weighted by molar-refractivity contribution is 0.0993. The predicted octanol–water partition coefficient (Wildman–Crippen LogP) is 3.16. The number of benzene rings is 1. The average molecular weight is 354 g/mol. The van der Waals surface area contributed by atoms with E-state index in [0.29, 0.717) is 10.6 Å². The number of aromatic nitrogens is 2. The molecule has 7 heteroatoms. The highest BCUT2D eigenvalue weighted by molar-refractivity contribution is 7.14. The first-order chi connectivity index (χ1) is 12.0. The van der Waals surface area contributed by atoms with Gasteiger partial charge in [-0.3, -0.25) is 9.59 Å². The van der Waals surface area contributed by atoms with Crippen LogP contribution in [0.5, 0.6) is 0 Å². The number of rotatable bonds is 5. The summed E-state index contributed by atoms with van der Waals surface area (Å²) in [5, 5.41) is 6.99. The van der Waals surface area contributed by atoms with Crippen molar-refractivity contribution in [2.75, 3.05) is 5.32 Å². The van der Waals surface area contributed by atoms with Crippen LogP contribution in [0, 0.1) is 6.92 Å². The first-order valence-electron chi connectivity index (χ1n) is 7.84. The molecule has 0 aliphatic rings. The number of carbonyl (C=O) groups excluding carboxylic acids is 2. The van der Waals surface area contributed by atoms with Crippen molar-refractivity contribution in [3.8, 4) is 5.69 Å². The number of nitrogens with one attached hydrogen (secondary N) is 1. The van der Waals surface area contributed by atoms with E-state index in [9.17, 15) is 9.59 Å². The van der Waals surface area contributed by atoms with Crippen LogP contribution in [-0.2, 0) is 6.42 Å². The molecule has 128 valence electrons. The third-order valence-corrected chi connectivity index (χ3v) is 4.95. The Morgan fingerprint density at radius 2 is 1.96 bits per heavy atom. The maximum Gasteiger partial charge on any atom is 0.269 e. The largest absolute Gasteiger partial charge is 0.364 e.